The van der Waals surface area contributed by atoms with Crippen molar-refractivity contribution in [1.82, 2.24) is 4.98 Å². The molecule has 3 aromatic rings. The minimum absolute atomic E-state index is 0.327. The number of urea groups is 1. The summed E-state index contributed by atoms with van der Waals surface area (Å²) in [6.07, 6.45) is 1.71. The number of carbonyl (C=O) groups excluding carboxylic acids is 1. The molecule has 120 valence electrons. The van der Waals surface area contributed by atoms with E-state index >= 15 is 0 Å². The third-order valence-corrected chi connectivity index (χ3v) is 3.41. The van der Waals surface area contributed by atoms with E-state index in [9.17, 15) is 4.79 Å². The molecule has 0 saturated carbocycles. The first-order chi connectivity index (χ1) is 11.7. The van der Waals surface area contributed by atoms with Gasteiger partial charge in [-0.2, -0.15) is 0 Å². The van der Waals surface area contributed by atoms with Gasteiger partial charge < -0.3 is 16.0 Å². The molecule has 0 atom stereocenters. The minimum Gasteiger partial charge on any atom is -0.340 e. The third kappa shape index (κ3) is 4.47. The topological polar surface area (TPSA) is 66.1 Å². The predicted octanol–water partition coefficient (Wildman–Crippen LogP) is 5.12. The highest BCUT2D eigenvalue weighted by Crippen LogP contribution is 2.19. The van der Waals surface area contributed by atoms with Crippen molar-refractivity contribution in [2.75, 3.05) is 16.0 Å². The van der Waals surface area contributed by atoms with E-state index in [4.69, 9.17) is 11.6 Å². The number of benzene rings is 2. The zero-order valence-electron chi connectivity index (χ0n) is 12.7. The van der Waals surface area contributed by atoms with E-state index in [2.05, 4.69) is 20.9 Å². The Hall–Kier alpha value is -3.05. The Balaban J connectivity index is 1.63. The lowest BCUT2D eigenvalue weighted by Crippen LogP contribution is -2.19. The van der Waals surface area contributed by atoms with Crippen molar-refractivity contribution in [1.29, 1.82) is 0 Å². The van der Waals surface area contributed by atoms with Crippen molar-refractivity contribution in [3.05, 3.63) is 77.9 Å². The van der Waals surface area contributed by atoms with Gasteiger partial charge in [0.2, 0.25) is 0 Å². The minimum atomic E-state index is -0.327. The Morgan fingerprint density at radius 1 is 0.833 bits per heavy atom. The molecule has 0 aliphatic rings. The Bertz CT molecular complexity index is 822. The van der Waals surface area contributed by atoms with Crippen LogP contribution < -0.4 is 16.0 Å². The van der Waals surface area contributed by atoms with Crippen molar-refractivity contribution in [3.8, 4) is 0 Å². The van der Waals surface area contributed by atoms with Crippen LogP contribution in [0.25, 0.3) is 0 Å². The van der Waals surface area contributed by atoms with Gasteiger partial charge in [0, 0.05) is 28.3 Å². The zero-order valence-corrected chi connectivity index (χ0v) is 13.4. The molecule has 0 spiro atoms. The van der Waals surface area contributed by atoms with E-state index in [1.165, 1.54) is 0 Å². The van der Waals surface area contributed by atoms with Crippen LogP contribution in [0.3, 0.4) is 0 Å². The van der Waals surface area contributed by atoms with E-state index in [1.54, 1.807) is 30.5 Å². The molecule has 3 N–H and O–H groups in total. The van der Waals surface area contributed by atoms with Crippen LogP contribution in [0.4, 0.5) is 27.7 Å². The number of halogens is 1. The van der Waals surface area contributed by atoms with Gasteiger partial charge in [-0.05, 0) is 54.6 Å². The molecule has 24 heavy (non-hydrogen) atoms. The first-order valence-corrected chi connectivity index (χ1v) is 7.68. The fraction of sp³-hybridized carbons (Fsp3) is 0. The lowest BCUT2D eigenvalue weighted by atomic mass is 10.2. The van der Waals surface area contributed by atoms with Gasteiger partial charge >= 0.3 is 6.03 Å². The Kier molecular flexibility index (Phi) is 4.93. The molecule has 2 amide bonds. The average molecular weight is 339 g/mol. The number of pyridine rings is 1. The molecule has 0 radical (unpaired) electrons. The van der Waals surface area contributed by atoms with E-state index < -0.39 is 0 Å². The maximum atomic E-state index is 12.0. The van der Waals surface area contributed by atoms with Gasteiger partial charge in [0.15, 0.2) is 0 Å². The van der Waals surface area contributed by atoms with Gasteiger partial charge in [-0.3, -0.25) is 0 Å². The summed E-state index contributed by atoms with van der Waals surface area (Å²) >= 11 is 5.82. The van der Waals surface area contributed by atoms with Gasteiger partial charge in [-0.1, -0.05) is 23.7 Å². The van der Waals surface area contributed by atoms with Crippen LogP contribution in [-0.2, 0) is 0 Å². The summed E-state index contributed by atoms with van der Waals surface area (Å²) in [6.45, 7) is 0. The lowest BCUT2D eigenvalue weighted by Gasteiger charge is -2.10. The Morgan fingerprint density at radius 3 is 2.33 bits per heavy atom. The van der Waals surface area contributed by atoms with E-state index in [0.717, 1.165) is 11.5 Å². The van der Waals surface area contributed by atoms with E-state index in [-0.39, 0.29) is 6.03 Å². The third-order valence-electron chi connectivity index (χ3n) is 3.16. The number of aromatic nitrogens is 1. The molecule has 0 unspecified atom stereocenters. The summed E-state index contributed by atoms with van der Waals surface area (Å²) in [5, 5.41) is 9.33. The van der Waals surface area contributed by atoms with Crippen LogP contribution >= 0.6 is 11.6 Å². The number of amides is 2. The van der Waals surface area contributed by atoms with Gasteiger partial charge in [0.25, 0.3) is 0 Å². The quantitative estimate of drug-likeness (QED) is 0.618. The summed E-state index contributed by atoms with van der Waals surface area (Å²) in [5.74, 6) is 0.736. The second-order valence-electron chi connectivity index (χ2n) is 5.01. The largest absolute Gasteiger partial charge is 0.340 e. The molecule has 2 aromatic carbocycles. The molecule has 5 nitrogen and oxygen atoms in total. The van der Waals surface area contributed by atoms with E-state index in [1.807, 2.05) is 42.5 Å². The van der Waals surface area contributed by atoms with Gasteiger partial charge in [0.1, 0.15) is 5.82 Å². The van der Waals surface area contributed by atoms with Crippen molar-refractivity contribution < 1.29 is 4.79 Å². The highest BCUT2D eigenvalue weighted by Gasteiger charge is 2.04. The average Bonchev–Trinajstić information content (AvgIpc) is 2.58. The fourth-order valence-electron chi connectivity index (χ4n) is 2.09. The molecule has 0 saturated heterocycles. The standard InChI is InChI=1S/C18H15ClN4O/c19-13-7-9-14(10-8-13)22-18(24)23-16-5-3-4-15(12-16)21-17-6-1-2-11-20-17/h1-12H,(H,20,21)(H2,22,23,24). The summed E-state index contributed by atoms with van der Waals surface area (Å²) in [6, 6.07) is 19.6. The lowest BCUT2D eigenvalue weighted by molar-refractivity contribution is 0.262. The van der Waals surface area contributed by atoms with Gasteiger partial charge in [-0.25, -0.2) is 9.78 Å². The number of hydrogen-bond donors (Lipinski definition) is 3. The summed E-state index contributed by atoms with van der Waals surface area (Å²) in [7, 11) is 0. The highest BCUT2D eigenvalue weighted by atomic mass is 35.5. The molecule has 0 bridgehead atoms. The van der Waals surface area contributed by atoms with Crippen LogP contribution in [0, 0.1) is 0 Å². The number of nitrogens with one attached hydrogen (secondary N) is 3. The maximum absolute atomic E-state index is 12.0. The molecule has 0 aliphatic carbocycles. The zero-order chi connectivity index (χ0) is 16.8. The van der Waals surface area contributed by atoms with Crippen molar-refractivity contribution in [2.45, 2.75) is 0 Å². The SMILES string of the molecule is O=C(Nc1ccc(Cl)cc1)Nc1cccc(Nc2ccccn2)c1. The Labute approximate surface area is 144 Å². The van der Waals surface area contributed by atoms with Crippen LogP contribution in [0.1, 0.15) is 0 Å². The van der Waals surface area contributed by atoms with Crippen molar-refractivity contribution in [3.63, 3.8) is 0 Å². The molecular formula is C18H15ClN4O. The molecule has 0 aliphatic heterocycles. The second-order valence-corrected chi connectivity index (χ2v) is 5.44. The first kappa shape index (κ1) is 15.8. The molecule has 0 fully saturated rings. The van der Waals surface area contributed by atoms with Crippen molar-refractivity contribution >= 4 is 40.5 Å². The molecular weight excluding hydrogens is 324 g/mol. The predicted molar refractivity (Wildman–Crippen MR) is 98.1 cm³/mol. The molecule has 3 rings (SSSR count). The van der Waals surface area contributed by atoms with Gasteiger partial charge in [-0.15, -0.1) is 0 Å². The first-order valence-electron chi connectivity index (χ1n) is 7.31. The smallest absolute Gasteiger partial charge is 0.323 e. The summed E-state index contributed by atoms with van der Waals surface area (Å²) in [5.41, 5.74) is 2.17. The molecule has 1 heterocycles. The van der Waals surface area contributed by atoms with E-state index in [0.29, 0.717) is 16.4 Å². The summed E-state index contributed by atoms with van der Waals surface area (Å²) in [4.78, 5) is 16.3. The maximum Gasteiger partial charge on any atom is 0.323 e. The van der Waals surface area contributed by atoms with Crippen LogP contribution in [0.2, 0.25) is 5.02 Å². The normalized spacial score (nSPS) is 10.0. The molecule has 6 heteroatoms. The summed E-state index contributed by atoms with van der Waals surface area (Å²) < 4.78 is 0. The van der Waals surface area contributed by atoms with Crippen LogP contribution in [0.5, 0.6) is 0 Å². The fourth-order valence-corrected chi connectivity index (χ4v) is 2.21. The number of nitrogens with zero attached hydrogens (tertiary/aromatic N) is 1. The number of carbonyl (C=O) groups is 1. The van der Waals surface area contributed by atoms with Gasteiger partial charge in [0.05, 0.1) is 0 Å². The van der Waals surface area contributed by atoms with Crippen LogP contribution in [-0.4, -0.2) is 11.0 Å². The number of hydrogen-bond acceptors (Lipinski definition) is 3. The second kappa shape index (κ2) is 7.48. The van der Waals surface area contributed by atoms with Crippen LogP contribution in [0.15, 0.2) is 72.9 Å². The highest BCUT2D eigenvalue weighted by molar-refractivity contribution is 6.30. The number of anilines is 4. The van der Waals surface area contributed by atoms with Crippen molar-refractivity contribution in [2.24, 2.45) is 0 Å². The monoisotopic (exact) mass is 338 g/mol. The number of rotatable bonds is 4. The molecule has 1 aromatic heterocycles. The Morgan fingerprint density at radius 2 is 1.58 bits per heavy atom.